The molecule has 4 rings (SSSR count). The predicted octanol–water partition coefficient (Wildman–Crippen LogP) is 3.32. The maximum atomic E-state index is 14.7. The number of anilines is 5. The van der Waals surface area contributed by atoms with Crippen LogP contribution >= 0.6 is 0 Å². The molecule has 3 aromatic rings. The zero-order valence-corrected chi connectivity index (χ0v) is 17.2. The van der Waals surface area contributed by atoms with Crippen LogP contribution in [0.3, 0.4) is 0 Å². The van der Waals surface area contributed by atoms with E-state index in [2.05, 4.69) is 43.6 Å². The van der Waals surface area contributed by atoms with Crippen LogP contribution in [0.1, 0.15) is 5.56 Å². The van der Waals surface area contributed by atoms with Gasteiger partial charge < -0.3 is 20.4 Å². The second-order valence-electron chi connectivity index (χ2n) is 7.37. The van der Waals surface area contributed by atoms with Crippen LogP contribution in [0.15, 0.2) is 48.8 Å². The molecule has 1 aliphatic rings. The molecule has 31 heavy (non-hydrogen) atoms. The van der Waals surface area contributed by atoms with Crippen molar-refractivity contribution < 1.29 is 4.39 Å². The average Bonchev–Trinajstić information content (AvgIpc) is 2.76. The summed E-state index contributed by atoms with van der Waals surface area (Å²) in [5.74, 6) is 0.895. The van der Waals surface area contributed by atoms with Gasteiger partial charge in [-0.25, -0.2) is 14.4 Å². The SMILES string of the molecule is CN1CCN(c2ncc(Nc3nccc(Nc4cccc(CC#N)c4)n3)cc2F)CC1. The number of likely N-dealkylation sites (N-methyl/N-ethyl adjacent to an activating group) is 1. The molecule has 0 bridgehead atoms. The van der Waals surface area contributed by atoms with E-state index in [0.717, 1.165) is 37.4 Å². The minimum atomic E-state index is -0.377. The van der Waals surface area contributed by atoms with Crippen molar-refractivity contribution in [2.45, 2.75) is 6.42 Å². The molecule has 1 fully saturated rings. The Kier molecular flexibility index (Phi) is 6.19. The monoisotopic (exact) mass is 418 g/mol. The van der Waals surface area contributed by atoms with Gasteiger partial charge in [-0.2, -0.15) is 10.2 Å². The number of piperazine rings is 1. The fraction of sp³-hybridized carbons (Fsp3) is 0.273. The van der Waals surface area contributed by atoms with Crippen molar-refractivity contribution in [1.29, 1.82) is 5.26 Å². The first-order valence-corrected chi connectivity index (χ1v) is 10.0. The first-order chi connectivity index (χ1) is 15.1. The number of halogens is 1. The van der Waals surface area contributed by atoms with Crippen LogP contribution in [-0.4, -0.2) is 53.1 Å². The second kappa shape index (κ2) is 9.36. The van der Waals surface area contributed by atoms with Gasteiger partial charge in [-0.05, 0) is 30.8 Å². The minimum absolute atomic E-state index is 0.326. The van der Waals surface area contributed by atoms with E-state index >= 15 is 0 Å². The molecule has 158 valence electrons. The van der Waals surface area contributed by atoms with Crippen LogP contribution in [-0.2, 0) is 6.42 Å². The maximum absolute atomic E-state index is 14.7. The maximum Gasteiger partial charge on any atom is 0.229 e. The van der Waals surface area contributed by atoms with E-state index in [4.69, 9.17) is 5.26 Å². The summed E-state index contributed by atoms with van der Waals surface area (Å²) in [5.41, 5.74) is 2.21. The Balaban J connectivity index is 1.45. The van der Waals surface area contributed by atoms with Crippen LogP contribution < -0.4 is 15.5 Å². The molecule has 0 atom stereocenters. The molecule has 0 radical (unpaired) electrons. The number of pyridine rings is 1. The molecule has 1 aromatic carbocycles. The third kappa shape index (κ3) is 5.24. The van der Waals surface area contributed by atoms with Crippen molar-refractivity contribution in [2.75, 3.05) is 48.8 Å². The Hall–Kier alpha value is -3.77. The molecule has 0 unspecified atom stereocenters. The molecule has 1 aliphatic heterocycles. The minimum Gasteiger partial charge on any atom is -0.352 e. The molecule has 0 spiro atoms. The van der Waals surface area contributed by atoms with E-state index in [1.165, 1.54) is 6.07 Å². The van der Waals surface area contributed by atoms with Crippen LogP contribution in [0.25, 0.3) is 0 Å². The summed E-state index contributed by atoms with van der Waals surface area (Å²) in [6.45, 7) is 3.27. The second-order valence-corrected chi connectivity index (χ2v) is 7.37. The highest BCUT2D eigenvalue weighted by Gasteiger charge is 2.19. The molecular weight excluding hydrogens is 395 g/mol. The highest BCUT2D eigenvalue weighted by atomic mass is 19.1. The summed E-state index contributed by atoms with van der Waals surface area (Å²) >= 11 is 0. The molecule has 1 saturated heterocycles. The van der Waals surface area contributed by atoms with E-state index in [-0.39, 0.29) is 5.82 Å². The first kappa shape index (κ1) is 20.5. The normalized spacial score (nSPS) is 14.2. The number of benzene rings is 1. The molecule has 9 heteroatoms. The van der Waals surface area contributed by atoms with Gasteiger partial charge in [0.2, 0.25) is 5.95 Å². The Morgan fingerprint density at radius 2 is 1.90 bits per heavy atom. The summed E-state index contributed by atoms with van der Waals surface area (Å²) in [6, 6.07) is 12.9. The molecule has 3 heterocycles. The average molecular weight is 418 g/mol. The first-order valence-electron chi connectivity index (χ1n) is 10.0. The van der Waals surface area contributed by atoms with Gasteiger partial charge in [0.1, 0.15) is 5.82 Å². The topological polar surface area (TPSA) is 93.0 Å². The Labute approximate surface area is 180 Å². The quantitative estimate of drug-likeness (QED) is 0.630. The van der Waals surface area contributed by atoms with Gasteiger partial charge in [-0.3, -0.25) is 0 Å². The van der Waals surface area contributed by atoms with Crippen LogP contribution in [0.2, 0.25) is 0 Å². The van der Waals surface area contributed by atoms with E-state index in [1.807, 2.05) is 29.2 Å². The number of hydrogen-bond donors (Lipinski definition) is 2. The van der Waals surface area contributed by atoms with Crippen molar-refractivity contribution in [3.63, 3.8) is 0 Å². The standard InChI is InChI=1S/C22H23FN8/c1-30-9-11-31(12-10-30)21-19(23)14-18(15-26-21)28-22-25-8-6-20(29-22)27-17-4-2-3-16(13-17)5-7-24/h2-4,6,8,13-15H,5,9-12H2,1H3,(H2,25,27,28,29). The van der Waals surface area contributed by atoms with Crippen LogP contribution in [0.5, 0.6) is 0 Å². The Morgan fingerprint density at radius 3 is 2.68 bits per heavy atom. The summed E-state index contributed by atoms with van der Waals surface area (Å²) < 4.78 is 14.7. The zero-order chi connectivity index (χ0) is 21.6. The predicted molar refractivity (Wildman–Crippen MR) is 118 cm³/mol. The van der Waals surface area contributed by atoms with Gasteiger partial charge >= 0.3 is 0 Å². The lowest BCUT2D eigenvalue weighted by Crippen LogP contribution is -2.45. The summed E-state index contributed by atoms with van der Waals surface area (Å²) in [7, 11) is 2.06. The molecule has 0 saturated carbocycles. The van der Waals surface area contributed by atoms with Crippen molar-refractivity contribution in [2.24, 2.45) is 0 Å². The van der Waals surface area contributed by atoms with Crippen molar-refractivity contribution >= 4 is 29.0 Å². The molecule has 8 nitrogen and oxygen atoms in total. The summed E-state index contributed by atoms with van der Waals surface area (Å²) in [5, 5.41) is 15.1. The number of nitrogens with zero attached hydrogens (tertiary/aromatic N) is 6. The van der Waals surface area contributed by atoms with Gasteiger partial charge in [-0.15, -0.1) is 0 Å². The number of nitriles is 1. The molecular formula is C22H23FN8. The van der Waals surface area contributed by atoms with E-state index in [9.17, 15) is 4.39 Å². The molecule has 0 aliphatic carbocycles. The highest BCUT2D eigenvalue weighted by Crippen LogP contribution is 2.23. The Morgan fingerprint density at radius 1 is 1.06 bits per heavy atom. The largest absolute Gasteiger partial charge is 0.352 e. The summed E-state index contributed by atoms with van der Waals surface area (Å²) in [6.07, 6.45) is 3.54. The lowest BCUT2D eigenvalue weighted by Gasteiger charge is -2.33. The van der Waals surface area contributed by atoms with Gasteiger partial charge in [0, 0.05) is 44.1 Å². The van der Waals surface area contributed by atoms with Crippen LogP contribution in [0.4, 0.5) is 33.3 Å². The third-order valence-electron chi connectivity index (χ3n) is 5.02. The molecule has 2 aromatic heterocycles. The number of hydrogen-bond acceptors (Lipinski definition) is 8. The highest BCUT2D eigenvalue weighted by molar-refractivity contribution is 5.60. The van der Waals surface area contributed by atoms with Crippen molar-refractivity contribution in [3.8, 4) is 6.07 Å². The van der Waals surface area contributed by atoms with Crippen molar-refractivity contribution in [3.05, 3.63) is 60.2 Å². The van der Waals surface area contributed by atoms with E-state index < -0.39 is 0 Å². The zero-order valence-electron chi connectivity index (χ0n) is 17.2. The smallest absolute Gasteiger partial charge is 0.229 e. The fourth-order valence-electron chi connectivity index (χ4n) is 3.37. The van der Waals surface area contributed by atoms with E-state index in [0.29, 0.717) is 29.7 Å². The van der Waals surface area contributed by atoms with Crippen LogP contribution in [0, 0.1) is 17.1 Å². The van der Waals surface area contributed by atoms with Gasteiger partial charge in [0.05, 0.1) is 24.4 Å². The van der Waals surface area contributed by atoms with Gasteiger partial charge in [-0.1, -0.05) is 12.1 Å². The number of aromatic nitrogens is 3. The summed E-state index contributed by atoms with van der Waals surface area (Å²) in [4.78, 5) is 17.1. The van der Waals surface area contributed by atoms with Crippen molar-refractivity contribution in [1.82, 2.24) is 19.9 Å². The molecule has 0 amide bonds. The van der Waals surface area contributed by atoms with Gasteiger partial charge in [0.25, 0.3) is 0 Å². The van der Waals surface area contributed by atoms with Gasteiger partial charge in [0.15, 0.2) is 11.6 Å². The lowest BCUT2D eigenvalue weighted by molar-refractivity contribution is 0.311. The number of rotatable bonds is 6. The number of nitrogens with one attached hydrogen (secondary N) is 2. The fourth-order valence-corrected chi connectivity index (χ4v) is 3.37. The Bertz CT molecular complexity index is 1090. The third-order valence-corrected chi connectivity index (χ3v) is 5.02. The molecule has 2 N–H and O–H groups in total. The lowest BCUT2D eigenvalue weighted by atomic mass is 10.1. The van der Waals surface area contributed by atoms with E-state index in [1.54, 1.807) is 18.5 Å².